The molecule has 0 amide bonds. The summed E-state index contributed by atoms with van der Waals surface area (Å²) in [6, 6.07) is 0. The summed E-state index contributed by atoms with van der Waals surface area (Å²) in [5, 5.41) is 0. The SMILES string of the molecule is CC(C)(C)OCC(OC(=O)C(C)(C)C)C(F)(F)F. The van der Waals surface area contributed by atoms with Gasteiger partial charge < -0.3 is 9.47 Å². The Kier molecular flexibility index (Phi) is 5.23. The first-order valence-corrected chi connectivity index (χ1v) is 5.65. The molecule has 0 heterocycles. The third-order valence-corrected chi connectivity index (χ3v) is 1.89. The second-order valence-electron chi connectivity index (χ2n) is 6.11. The van der Waals surface area contributed by atoms with Crippen molar-refractivity contribution >= 4 is 5.97 Å². The fraction of sp³-hybridized carbons (Fsp3) is 0.917. The summed E-state index contributed by atoms with van der Waals surface area (Å²) in [5.41, 5.74) is -1.71. The van der Waals surface area contributed by atoms with Crippen LogP contribution >= 0.6 is 0 Å². The van der Waals surface area contributed by atoms with Crippen LogP contribution in [-0.4, -0.2) is 30.5 Å². The van der Waals surface area contributed by atoms with Crippen LogP contribution in [0.2, 0.25) is 0 Å². The van der Waals surface area contributed by atoms with Gasteiger partial charge in [0, 0.05) is 0 Å². The van der Waals surface area contributed by atoms with E-state index in [0.29, 0.717) is 0 Å². The number of ether oxygens (including phenoxy) is 2. The number of esters is 1. The largest absolute Gasteiger partial charge is 0.450 e. The molecular weight excluding hydrogens is 249 g/mol. The number of rotatable bonds is 3. The van der Waals surface area contributed by atoms with Gasteiger partial charge in [-0.25, -0.2) is 0 Å². The van der Waals surface area contributed by atoms with Gasteiger partial charge in [-0.2, -0.15) is 13.2 Å². The standard InChI is InChI=1S/C12H21F3O3/c1-10(2,3)9(16)18-8(12(13,14)15)7-17-11(4,5)6/h8H,7H2,1-6H3. The van der Waals surface area contributed by atoms with Crippen LogP contribution in [0.15, 0.2) is 0 Å². The summed E-state index contributed by atoms with van der Waals surface area (Å²) in [6.07, 6.45) is -6.87. The van der Waals surface area contributed by atoms with E-state index in [1.165, 1.54) is 20.8 Å². The number of carbonyl (C=O) groups excluding carboxylic acids is 1. The summed E-state index contributed by atoms with van der Waals surface area (Å²) in [4.78, 5) is 11.5. The zero-order valence-electron chi connectivity index (χ0n) is 11.6. The van der Waals surface area contributed by atoms with Crippen LogP contribution in [0.25, 0.3) is 0 Å². The molecule has 0 aliphatic rings. The first-order valence-electron chi connectivity index (χ1n) is 5.65. The van der Waals surface area contributed by atoms with Gasteiger partial charge in [-0.15, -0.1) is 0 Å². The number of hydrogen-bond donors (Lipinski definition) is 0. The highest BCUT2D eigenvalue weighted by molar-refractivity contribution is 5.75. The highest BCUT2D eigenvalue weighted by atomic mass is 19.4. The molecule has 18 heavy (non-hydrogen) atoms. The Morgan fingerprint density at radius 1 is 1.06 bits per heavy atom. The minimum Gasteiger partial charge on any atom is -0.450 e. The monoisotopic (exact) mass is 270 g/mol. The third-order valence-electron chi connectivity index (χ3n) is 1.89. The predicted octanol–water partition coefficient (Wildman–Crippen LogP) is 3.32. The van der Waals surface area contributed by atoms with Crippen molar-refractivity contribution in [1.82, 2.24) is 0 Å². The van der Waals surface area contributed by atoms with Crippen LogP contribution in [0.4, 0.5) is 13.2 Å². The molecule has 0 saturated carbocycles. The number of halogens is 3. The second kappa shape index (κ2) is 5.47. The van der Waals surface area contributed by atoms with Gasteiger partial charge in [0.25, 0.3) is 0 Å². The number of hydrogen-bond acceptors (Lipinski definition) is 3. The molecule has 1 unspecified atom stereocenters. The summed E-state index contributed by atoms with van der Waals surface area (Å²) >= 11 is 0. The number of carbonyl (C=O) groups is 1. The summed E-state index contributed by atoms with van der Waals surface area (Å²) in [6.45, 7) is 8.67. The molecule has 0 aliphatic carbocycles. The van der Waals surface area contributed by atoms with Crippen LogP contribution in [0, 0.1) is 5.41 Å². The van der Waals surface area contributed by atoms with Gasteiger partial charge in [0.1, 0.15) is 0 Å². The lowest BCUT2D eigenvalue weighted by Gasteiger charge is -2.28. The molecule has 0 saturated heterocycles. The molecule has 0 N–H and O–H groups in total. The molecule has 6 heteroatoms. The predicted molar refractivity (Wildman–Crippen MR) is 61.1 cm³/mol. The minimum atomic E-state index is -4.63. The molecule has 0 aromatic rings. The lowest BCUT2D eigenvalue weighted by atomic mass is 9.97. The third kappa shape index (κ3) is 6.83. The van der Waals surface area contributed by atoms with E-state index in [9.17, 15) is 18.0 Å². The Balaban J connectivity index is 4.68. The Hall–Kier alpha value is -0.780. The van der Waals surface area contributed by atoms with Gasteiger partial charge in [-0.1, -0.05) is 0 Å². The Morgan fingerprint density at radius 2 is 1.50 bits per heavy atom. The van der Waals surface area contributed by atoms with Gasteiger partial charge in [-0.3, -0.25) is 4.79 Å². The van der Waals surface area contributed by atoms with E-state index >= 15 is 0 Å². The average molecular weight is 270 g/mol. The quantitative estimate of drug-likeness (QED) is 0.738. The maximum atomic E-state index is 12.7. The molecule has 3 nitrogen and oxygen atoms in total. The highest BCUT2D eigenvalue weighted by Gasteiger charge is 2.45. The van der Waals surface area contributed by atoms with E-state index in [-0.39, 0.29) is 0 Å². The average Bonchev–Trinajstić information content (AvgIpc) is 2.06. The van der Waals surface area contributed by atoms with E-state index in [2.05, 4.69) is 4.74 Å². The van der Waals surface area contributed by atoms with Crippen LogP contribution in [-0.2, 0) is 14.3 Å². The molecule has 0 aliphatic heterocycles. The summed E-state index contributed by atoms with van der Waals surface area (Å²) < 4.78 is 47.6. The molecule has 0 radical (unpaired) electrons. The van der Waals surface area contributed by atoms with Crippen molar-refractivity contribution in [3.63, 3.8) is 0 Å². The zero-order chi connectivity index (χ0) is 14.8. The Morgan fingerprint density at radius 3 is 1.78 bits per heavy atom. The molecule has 0 bridgehead atoms. The number of alkyl halides is 3. The molecular formula is C12H21F3O3. The minimum absolute atomic E-state index is 0.700. The van der Waals surface area contributed by atoms with E-state index in [1.54, 1.807) is 20.8 Å². The highest BCUT2D eigenvalue weighted by Crippen LogP contribution is 2.27. The fourth-order valence-corrected chi connectivity index (χ4v) is 0.827. The van der Waals surface area contributed by atoms with E-state index in [1.807, 2.05) is 0 Å². The molecule has 0 aromatic carbocycles. The van der Waals surface area contributed by atoms with E-state index < -0.39 is 35.9 Å². The lowest BCUT2D eigenvalue weighted by molar-refractivity contribution is -0.241. The van der Waals surface area contributed by atoms with Crippen LogP contribution in [0.5, 0.6) is 0 Å². The van der Waals surface area contributed by atoms with Crippen molar-refractivity contribution in [2.24, 2.45) is 5.41 Å². The van der Waals surface area contributed by atoms with Gasteiger partial charge in [0.15, 0.2) is 0 Å². The normalized spacial score (nSPS) is 15.4. The molecule has 0 aromatic heterocycles. The molecule has 0 spiro atoms. The van der Waals surface area contributed by atoms with Gasteiger partial charge in [-0.05, 0) is 41.5 Å². The first-order chi connectivity index (χ1) is 7.73. The van der Waals surface area contributed by atoms with Crippen molar-refractivity contribution in [3.8, 4) is 0 Å². The molecule has 1 atom stereocenters. The van der Waals surface area contributed by atoms with Crippen LogP contribution in [0.1, 0.15) is 41.5 Å². The van der Waals surface area contributed by atoms with Crippen molar-refractivity contribution in [2.75, 3.05) is 6.61 Å². The topological polar surface area (TPSA) is 35.5 Å². The fourth-order valence-electron chi connectivity index (χ4n) is 0.827. The van der Waals surface area contributed by atoms with Crippen molar-refractivity contribution in [2.45, 2.75) is 59.4 Å². The summed E-state index contributed by atoms with van der Waals surface area (Å²) in [7, 11) is 0. The first kappa shape index (κ1) is 17.2. The van der Waals surface area contributed by atoms with Gasteiger partial charge in [0.05, 0.1) is 17.6 Å². The summed E-state index contributed by atoms with van der Waals surface area (Å²) in [5.74, 6) is -0.901. The Bertz CT molecular complexity index is 284. The van der Waals surface area contributed by atoms with Crippen molar-refractivity contribution in [3.05, 3.63) is 0 Å². The lowest BCUT2D eigenvalue weighted by Crippen LogP contribution is -2.42. The second-order valence-corrected chi connectivity index (χ2v) is 6.11. The molecule has 108 valence electrons. The van der Waals surface area contributed by atoms with Crippen molar-refractivity contribution in [1.29, 1.82) is 0 Å². The smallest absolute Gasteiger partial charge is 0.427 e. The van der Waals surface area contributed by atoms with Gasteiger partial charge in [0.2, 0.25) is 6.10 Å². The van der Waals surface area contributed by atoms with Crippen molar-refractivity contribution < 1.29 is 27.4 Å². The maximum absolute atomic E-state index is 12.7. The zero-order valence-corrected chi connectivity index (χ0v) is 11.6. The Labute approximate surface area is 106 Å². The molecule has 0 rings (SSSR count). The van der Waals surface area contributed by atoms with Crippen LogP contribution in [0.3, 0.4) is 0 Å². The van der Waals surface area contributed by atoms with Gasteiger partial charge >= 0.3 is 12.1 Å². The van der Waals surface area contributed by atoms with E-state index in [0.717, 1.165) is 0 Å². The van der Waals surface area contributed by atoms with Crippen LogP contribution < -0.4 is 0 Å². The van der Waals surface area contributed by atoms with E-state index in [4.69, 9.17) is 4.74 Å². The molecule has 0 fully saturated rings. The maximum Gasteiger partial charge on any atom is 0.427 e.